The van der Waals surface area contributed by atoms with Gasteiger partial charge < -0.3 is 0 Å². The number of carbonyl (C=O) groups excluding carboxylic acids is 2. The van der Waals surface area contributed by atoms with Gasteiger partial charge in [-0.15, -0.1) is 0 Å². The van der Waals surface area contributed by atoms with E-state index in [1.165, 1.54) is 18.2 Å². The SMILES string of the molecule is Cc1ccc(C)c(C2=CC(=O)C=CC2=O)c1. The van der Waals surface area contributed by atoms with Crippen LogP contribution in [0.5, 0.6) is 0 Å². The largest absolute Gasteiger partial charge is 0.290 e. The van der Waals surface area contributed by atoms with Crippen LogP contribution < -0.4 is 0 Å². The summed E-state index contributed by atoms with van der Waals surface area (Å²) in [6.07, 6.45) is 4.04. The van der Waals surface area contributed by atoms with Crippen molar-refractivity contribution in [2.75, 3.05) is 0 Å². The second kappa shape index (κ2) is 3.89. The van der Waals surface area contributed by atoms with Crippen LogP contribution in [0.15, 0.2) is 36.4 Å². The number of rotatable bonds is 1. The van der Waals surface area contributed by atoms with Gasteiger partial charge in [-0.1, -0.05) is 23.8 Å². The van der Waals surface area contributed by atoms with E-state index in [-0.39, 0.29) is 11.6 Å². The Bertz CT molecular complexity index is 534. The lowest BCUT2D eigenvalue weighted by Crippen LogP contribution is -2.07. The third-order valence-electron chi connectivity index (χ3n) is 2.63. The molecule has 80 valence electrons. The fourth-order valence-electron chi connectivity index (χ4n) is 1.75. The van der Waals surface area contributed by atoms with Gasteiger partial charge in [-0.25, -0.2) is 0 Å². The lowest BCUT2D eigenvalue weighted by Gasteiger charge is -2.10. The Morgan fingerprint density at radius 3 is 2.50 bits per heavy atom. The molecule has 0 atom stereocenters. The van der Waals surface area contributed by atoms with E-state index in [1.54, 1.807) is 0 Å². The van der Waals surface area contributed by atoms with Crippen LogP contribution in [-0.4, -0.2) is 11.6 Å². The summed E-state index contributed by atoms with van der Waals surface area (Å²) in [7, 11) is 0. The van der Waals surface area contributed by atoms with Crippen LogP contribution in [-0.2, 0) is 9.59 Å². The molecule has 2 heteroatoms. The first-order valence-electron chi connectivity index (χ1n) is 5.13. The number of benzene rings is 1. The molecule has 1 aliphatic carbocycles. The van der Waals surface area contributed by atoms with E-state index >= 15 is 0 Å². The first-order valence-corrected chi connectivity index (χ1v) is 5.13. The summed E-state index contributed by atoms with van der Waals surface area (Å²) in [5.41, 5.74) is 3.43. The van der Waals surface area contributed by atoms with Gasteiger partial charge in [-0.3, -0.25) is 9.59 Å². The van der Waals surface area contributed by atoms with Crippen molar-refractivity contribution in [3.63, 3.8) is 0 Å². The lowest BCUT2D eigenvalue weighted by molar-refractivity contribution is -0.113. The molecule has 0 aliphatic heterocycles. The maximum atomic E-state index is 11.7. The molecular weight excluding hydrogens is 200 g/mol. The fourth-order valence-corrected chi connectivity index (χ4v) is 1.75. The van der Waals surface area contributed by atoms with Crippen LogP contribution >= 0.6 is 0 Å². The molecule has 0 N–H and O–H groups in total. The lowest BCUT2D eigenvalue weighted by atomic mass is 9.92. The molecule has 1 aromatic rings. The molecule has 0 radical (unpaired) electrons. The van der Waals surface area contributed by atoms with Gasteiger partial charge in [0.15, 0.2) is 11.6 Å². The Hall–Kier alpha value is -1.96. The average Bonchev–Trinajstić information content (AvgIpc) is 2.25. The normalized spacial score (nSPS) is 15.2. The van der Waals surface area contributed by atoms with Crippen molar-refractivity contribution in [1.29, 1.82) is 0 Å². The van der Waals surface area contributed by atoms with Crippen molar-refractivity contribution in [1.82, 2.24) is 0 Å². The van der Waals surface area contributed by atoms with Crippen LogP contribution in [0.2, 0.25) is 0 Å². The monoisotopic (exact) mass is 212 g/mol. The molecular formula is C14H12O2. The quantitative estimate of drug-likeness (QED) is 0.670. The van der Waals surface area contributed by atoms with E-state index in [0.29, 0.717) is 5.57 Å². The fraction of sp³-hybridized carbons (Fsp3) is 0.143. The number of ketones is 2. The van der Waals surface area contributed by atoms with Gasteiger partial charge in [0, 0.05) is 5.57 Å². The molecule has 2 rings (SSSR count). The van der Waals surface area contributed by atoms with Gasteiger partial charge in [0.1, 0.15) is 0 Å². The highest BCUT2D eigenvalue weighted by atomic mass is 16.1. The summed E-state index contributed by atoms with van der Waals surface area (Å²) in [6, 6.07) is 5.89. The summed E-state index contributed by atoms with van der Waals surface area (Å²) >= 11 is 0. The van der Waals surface area contributed by atoms with Crippen molar-refractivity contribution in [3.05, 3.63) is 53.1 Å². The Morgan fingerprint density at radius 1 is 1.00 bits per heavy atom. The zero-order valence-corrected chi connectivity index (χ0v) is 9.28. The van der Waals surface area contributed by atoms with Crippen molar-refractivity contribution in [2.45, 2.75) is 13.8 Å². The minimum absolute atomic E-state index is 0.103. The number of aryl methyl sites for hydroxylation is 2. The highest BCUT2D eigenvalue weighted by Gasteiger charge is 2.16. The maximum Gasteiger partial charge on any atom is 0.186 e. The summed E-state index contributed by atoms with van der Waals surface area (Å²) in [4.78, 5) is 23.0. The zero-order chi connectivity index (χ0) is 11.7. The highest BCUT2D eigenvalue weighted by Crippen LogP contribution is 2.23. The number of hydrogen-bond donors (Lipinski definition) is 0. The topological polar surface area (TPSA) is 34.1 Å². The predicted molar refractivity (Wildman–Crippen MR) is 63.0 cm³/mol. The van der Waals surface area contributed by atoms with E-state index in [9.17, 15) is 9.59 Å². The molecule has 0 saturated carbocycles. The van der Waals surface area contributed by atoms with Gasteiger partial charge in [0.05, 0.1) is 0 Å². The van der Waals surface area contributed by atoms with E-state index in [4.69, 9.17) is 0 Å². The van der Waals surface area contributed by atoms with Gasteiger partial charge in [0.2, 0.25) is 0 Å². The minimum atomic E-state index is -0.129. The minimum Gasteiger partial charge on any atom is -0.290 e. The van der Waals surface area contributed by atoms with Gasteiger partial charge in [0.25, 0.3) is 0 Å². The smallest absolute Gasteiger partial charge is 0.186 e. The van der Waals surface area contributed by atoms with Crippen LogP contribution in [0.1, 0.15) is 16.7 Å². The highest BCUT2D eigenvalue weighted by molar-refractivity contribution is 6.34. The molecule has 1 aromatic carbocycles. The van der Waals surface area contributed by atoms with Crippen molar-refractivity contribution in [2.24, 2.45) is 0 Å². The molecule has 0 heterocycles. The van der Waals surface area contributed by atoms with Crippen LogP contribution in [0.3, 0.4) is 0 Å². The van der Waals surface area contributed by atoms with E-state index in [1.807, 2.05) is 32.0 Å². The Kier molecular flexibility index (Phi) is 2.57. The average molecular weight is 212 g/mol. The third kappa shape index (κ3) is 1.87. The molecule has 0 saturated heterocycles. The summed E-state index contributed by atoms with van der Waals surface area (Å²) < 4.78 is 0. The third-order valence-corrected chi connectivity index (χ3v) is 2.63. The molecule has 0 unspecified atom stereocenters. The van der Waals surface area contributed by atoms with Gasteiger partial charge >= 0.3 is 0 Å². The van der Waals surface area contributed by atoms with Crippen molar-refractivity contribution in [3.8, 4) is 0 Å². The predicted octanol–water partition coefficient (Wildman–Crippen LogP) is 2.39. The molecule has 0 fully saturated rings. The standard InChI is InChI=1S/C14H12O2/c1-9-3-4-10(2)12(7-9)13-8-11(15)5-6-14(13)16/h3-8H,1-2H3. The second-order valence-corrected chi connectivity index (χ2v) is 3.98. The summed E-state index contributed by atoms with van der Waals surface area (Å²) in [6.45, 7) is 3.90. The number of hydrogen-bond acceptors (Lipinski definition) is 2. The summed E-state index contributed by atoms with van der Waals surface area (Å²) in [5, 5.41) is 0. The number of carbonyl (C=O) groups is 2. The van der Waals surface area contributed by atoms with Gasteiger partial charge in [-0.05, 0) is 43.2 Å². The van der Waals surface area contributed by atoms with Crippen LogP contribution in [0.25, 0.3) is 5.57 Å². The van der Waals surface area contributed by atoms with Gasteiger partial charge in [-0.2, -0.15) is 0 Å². The van der Waals surface area contributed by atoms with E-state index < -0.39 is 0 Å². The first kappa shape index (κ1) is 10.6. The Balaban J connectivity index is 2.56. The molecule has 2 nitrogen and oxygen atoms in total. The number of allylic oxidation sites excluding steroid dienone is 4. The van der Waals surface area contributed by atoms with E-state index in [2.05, 4.69) is 0 Å². The van der Waals surface area contributed by atoms with E-state index in [0.717, 1.165) is 16.7 Å². The Morgan fingerprint density at radius 2 is 1.75 bits per heavy atom. The Labute approximate surface area is 94.3 Å². The molecule has 1 aliphatic rings. The van der Waals surface area contributed by atoms with Crippen molar-refractivity contribution < 1.29 is 9.59 Å². The van der Waals surface area contributed by atoms with Crippen LogP contribution in [0, 0.1) is 13.8 Å². The molecule has 0 bridgehead atoms. The second-order valence-electron chi connectivity index (χ2n) is 3.98. The molecule has 0 amide bonds. The maximum absolute atomic E-state index is 11.7. The summed E-state index contributed by atoms with van der Waals surface area (Å²) in [5.74, 6) is -0.233. The molecule has 0 spiro atoms. The molecule has 0 aromatic heterocycles. The molecule has 16 heavy (non-hydrogen) atoms. The van der Waals surface area contributed by atoms with Crippen molar-refractivity contribution >= 4 is 17.1 Å². The zero-order valence-electron chi connectivity index (χ0n) is 9.28. The first-order chi connectivity index (χ1) is 7.58. The van der Waals surface area contributed by atoms with Crippen LogP contribution in [0.4, 0.5) is 0 Å².